The summed E-state index contributed by atoms with van der Waals surface area (Å²) in [6.45, 7) is 0.662. The van der Waals surface area contributed by atoms with E-state index in [1.54, 1.807) is 24.8 Å². The van der Waals surface area contributed by atoms with E-state index < -0.39 is 0 Å². The number of nitrogens with one attached hydrogen (secondary N) is 1. The highest BCUT2D eigenvalue weighted by atomic mass is 16.5. The maximum Gasteiger partial charge on any atom is 0.251 e. The number of hydrogen-bond acceptors (Lipinski definition) is 5. The van der Waals surface area contributed by atoms with E-state index in [-0.39, 0.29) is 18.6 Å². The van der Waals surface area contributed by atoms with Crippen molar-refractivity contribution in [3.8, 4) is 11.4 Å². The zero-order chi connectivity index (χ0) is 21.9. The van der Waals surface area contributed by atoms with Gasteiger partial charge in [-0.1, -0.05) is 6.07 Å². The van der Waals surface area contributed by atoms with Crippen LogP contribution in [0.1, 0.15) is 28.8 Å². The first-order chi connectivity index (χ1) is 15.7. The number of aliphatic hydroxyl groups excluding tert-OH is 1. The number of benzene rings is 2. The first kappa shape index (κ1) is 20.2. The molecule has 1 aliphatic rings. The highest BCUT2D eigenvalue weighted by Gasteiger charge is 2.30. The number of imidazole rings is 1. The van der Waals surface area contributed by atoms with E-state index in [9.17, 15) is 4.79 Å². The summed E-state index contributed by atoms with van der Waals surface area (Å²) in [7, 11) is 0. The quantitative estimate of drug-likeness (QED) is 0.470. The van der Waals surface area contributed by atoms with Crippen LogP contribution in [0, 0.1) is 5.92 Å². The first-order valence-electron chi connectivity index (χ1n) is 10.7. The van der Waals surface area contributed by atoms with E-state index in [0.29, 0.717) is 18.0 Å². The number of hydrogen-bond donors (Lipinski definition) is 2. The molecule has 7 nitrogen and oxygen atoms in total. The van der Waals surface area contributed by atoms with Crippen molar-refractivity contribution in [3.05, 3.63) is 84.4 Å². The van der Waals surface area contributed by atoms with Crippen molar-refractivity contribution in [3.63, 3.8) is 0 Å². The summed E-state index contributed by atoms with van der Waals surface area (Å²) < 4.78 is 7.94. The third-order valence-corrected chi connectivity index (χ3v) is 5.85. The molecule has 2 heterocycles. The molecule has 1 saturated carbocycles. The van der Waals surface area contributed by atoms with Crippen LogP contribution in [-0.2, 0) is 6.54 Å². The molecule has 0 radical (unpaired) electrons. The number of carbonyl (C=O) groups excluding carboxylic acids is 1. The molecule has 1 amide bonds. The van der Waals surface area contributed by atoms with Gasteiger partial charge >= 0.3 is 0 Å². The molecule has 0 atom stereocenters. The first-order valence-corrected chi connectivity index (χ1v) is 10.7. The average molecular weight is 428 g/mol. The number of aromatic nitrogens is 3. The Morgan fingerprint density at radius 1 is 1.16 bits per heavy atom. The van der Waals surface area contributed by atoms with Gasteiger partial charge in [0.15, 0.2) is 0 Å². The lowest BCUT2D eigenvalue weighted by atomic mass is 9.83. The summed E-state index contributed by atoms with van der Waals surface area (Å²) >= 11 is 0. The van der Waals surface area contributed by atoms with Crippen LogP contribution in [0.2, 0.25) is 0 Å². The average Bonchev–Trinajstić information content (AvgIpc) is 3.24. The van der Waals surface area contributed by atoms with Gasteiger partial charge in [-0.25, -0.2) is 4.98 Å². The molecule has 1 fully saturated rings. The van der Waals surface area contributed by atoms with Gasteiger partial charge in [-0.05, 0) is 72.9 Å². The highest BCUT2D eigenvalue weighted by molar-refractivity contribution is 5.97. The van der Waals surface area contributed by atoms with Crippen molar-refractivity contribution in [2.24, 2.45) is 5.92 Å². The van der Waals surface area contributed by atoms with E-state index in [0.717, 1.165) is 40.9 Å². The Morgan fingerprint density at radius 3 is 2.75 bits per heavy atom. The van der Waals surface area contributed by atoms with Gasteiger partial charge < -0.3 is 15.2 Å². The Hall–Kier alpha value is -3.71. The monoisotopic (exact) mass is 428 g/mol. The van der Waals surface area contributed by atoms with Gasteiger partial charge in [0.1, 0.15) is 12.1 Å². The van der Waals surface area contributed by atoms with Crippen LogP contribution in [0.4, 0.5) is 0 Å². The zero-order valence-electron chi connectivity index (χ0n) is 17.5. The fourth-order valence-electron chi connectivity index (χ4n) is 3.94. The molecule has 1 aliphatic carbocycles. The van der Waals surface area contributed by atoms with Gasteiger partial charge in [0, 0.05) is 36.8 Å². The molecule has 4 aromatic rings. The summed E-state index contributed by atoms with van der Waals surface area (Å²) in [6.07, 6.45) is 7.20. The normalized spacial score (nSPS) is 17.7. The van der Waals surface area contributed by atoms with E-state index in [4.69, 9.17) is 9.84 Å². The van der Waals surface area contributed by atoms with Crippen LogP contribution in [0.3, 0.4) is 0 Å². The lowest BCUT2D eigenvalue weighted by molar-refractivity contribution is 0.0325. The second-order valence-corrected chi connectivity index (χ2v) is 8.12. The largest absolute Gasteiger partial charge is 0.490 e. The van der Waals surface area contributed by atoms with E-state index in [2.05, 4.69) is 15.3 Å². The molecular weight excluding hydrogens is 404 g/mol. The van der Waals surface area contributed by atoms with Crippen molar-refractivity contribution >= 4 is 16.9 Å². The number of fused-ring (bicyclic) bond motifs is 1. The fourth-order valence-corrected chi connectivity index (χ4v) is 3.94. The summed E-state index contributed by atoms with van der Waals surface area (Å²) in [4.78, 5) is 21.1. The molecule has 162 valence electrons. The highest BCUT2D eigenvalue weighted by Crippen LogP contribution is 2.31. The molecule has 0 unspecified atom stereocenters. The van der Waals surface area contributed by atoms with Crippen LogP contribution in [-0.4, -0.2) is 38.3 Å². The van der Waals surface area contributed by atoms with Gasteiger partial charge in [0.2, 0.25) is 0 Å². The number of aliphatic hydroxyl groups is 1. The van der Waals surface area contributed by atoms with Gasteiger partial charge in [0.05, 0.1) is 17.1 Å². The maximum atomic E-state index is 12.5. The predicted molar refractivity (Wildman–Crippen MR) is 121 cm³/mol. The summed E-state index contributed by atoms with van der Waals surface area (Å²) in [5, 5.41) is 12.0. The molecule has 2 N–H and O–H groups in total. The smallest absolute Gasteiger partial charge is 0.251 e. The Morgan fingerprint density at radius 2 is 2.00 bits per heavy atom. The van der Waals surface area contributed by atoms with Gasteiger partial charge in [-0.3, -0.25) is 14.3 Å². The van der Waals surface area contributed by atoms with Crippen molar-refractivity contribution in [1.29, 1.82) is 0 Å². The van der Waals surface area contributed by atoms with Crippen LogP contribution in [0.25, 0.3) is 16.7 Å². The minimum Gasteiger partial charge on any atom is -0.490 e. The molecule has 0 aliphatic heterocycles. The summed E-state index contributed by atoms with van der Waals surface area (Å²) in [5.74, 6) is 1.05. The number of rotatable bonds is 7. The molecule has 7 heteroatoms. The van der Waals surface area contributed by atoms with Crippen LogP contribution in [0.15, 0.2) is 73.3 Å². The number of amides is 1. The Labute approximate surface area is 185 Å². The molecule has 0 spiro atoms. The Kier molecular flexibility index (Phi) is 5.56. The van der Waals surface area contributed by atoms with Crippen LogP contribution >= 0.6 is 0 Å². The third kappa shape index (κ3) is 4.20. The predicted octanol–water partition coefficient (Wildman–Crippen LogP) is 3.50. The SMILES string of the molecule is O=C(NCc1cccnc1)c1ccc2c(c1)ncn2-c1ccc(OC2CC(CO)C2)cc1. The molecule has 0 saturated heterocycles. The minimum absolute atomic E-state index is 0.147. The number of ether oxygens (including phenoxy) is 1. The maximum absolute atomic E-state index is 12.5. The van der Waals surface area contributed by atoms with Crippen molar-refractivity contribution < 1.29 is 14.6 Å². The van der Waals surface area contributed by atoms with Gasteiger partial charge in [-0.2, -0.15) is 0 Å². The topological polar surface area (TPSA) is 89.3 Å². The van der Waals surface area contributed by atoms with Crippen molar-refractivity contribution in [2.45, 2.75) is 25.5 Å². The minimum atomic E-state index is -0.147. The lowest BCUT2D eigenvalue weighted by Gasteiger charge is -2.34. The van der Waals surface area contributed by atoms with Crippen LogP contribution < -0.4 is 10.1 Å². The molecule has 2 aromatic heterocycles. The Balaban J connectivity index is 1.27. The van der Waals surface area contributed by atoms with Gasteiger partial charge in [0.25, 0.3) is 5.91 Å². The molecule has 5 rings (SSSR count). The number of nitrogens with zero attached hydrogens (tertiary/aromatic N) is 3. The second-order valence-electron chi connectivity index (χ2n) is 8.12. The fraction of sp³-hybridized carbons (Fsp3) is 0.240. The van der Waals surface area contributed by atoms with E-state index >= 15 is 0 Å². The zero-order valence-corrected chi connectivity index (χ0v) is 17.5. The summed E-state index contributed by atoms with van der Waals surface area (Å²) in [6, 6.07) is 17.2. The second kappa shape index (κ2) is 8.80. The van der Waals surface area contributed by atoms with Crippen molar-refractivity contribution in [1.82, 2.24) is 19.9 Å². The third-order valence-electron chi connectivity index (χ3n) is 5.85. The van der Waals surface area contributed by atoms with Crippen molar-refractivity contribution in [2.75, 3.05) is 6.61 Å². The number of pyridine rings is 1. The molecule has 0 bridgehead atoms. The van der Waals surface area contributed by atoms with E-state index in [1.165, 1.54) is 0 Å². The van der Waals surface area contributed by atoms with E-state index in [1.807, 2.05) is 53.1 Å². The standard InChI is InChI=1S/C25H24N4O3/c30-15-18-10-22(11-18)32-21-6-4-20(5-7-21)29-16-28-23-12-19(3-8-24(23)29)25(31)27-14-17-2-1-9-26-13-17/h1-9,12-13,16,18,22,30H,10-11,14-15H2,(H,27,31). The lowest BCUT2D eigenvalue weighted by Crippen LogP contribution is -2.35. The molecule has 32 heavy (non-hydrogen) atoms. The van der Waals surface area contributed by atoms with Crippen LogP contribution in [0.5, 0.6) is 5.75 Å². The molecule has 2 aromatic carbocycles. The molecular formula is C25H24N4O3. The summed E-state index contributed by atoms with van der Waals surface area (Å²) in [5.41, 5.74) is 4.16. The number of carbonyl (C=O) groups is 1. The van der Waals surface area contributed by atoms with Gasteiger partial charge in [-0.15, -0.1) is 0 Å². The Bertz CT molecular complexity index is 1220.